The Morgan fingerprint density at radius 3 is 2.29 bits per heavy atom. The normalized spacial score (nSPS) is 10.5. The van der Waals surface area contributed by atoms with E-state index in [4.69, 9.17) is 4.74 Å². The van der Waals surface area contributed by atoms with Gasteiger partial charge in [-0.25, -0.2) is 9.78 Å². The van der Waals surface area contributed by atoms with E-state index >= 15 is 0 Å². The summed E-state index contributed by atoms with van der Waals surface area (Å²) in [6.45, 7) is 8.13. The number of carbonyl (C=O) groups excluding carboxylic acids is 1. The molecular formula is C22H24N4O2. The van der Waals surface area contributed by atoms with Crippen molar-refractivity contribution in [3.8, 4) is 0 Å². The fourth-order valence-corrected chi connectivity index (χ4v) is 3.19. The van der Waals surface area contributed by atoms with Crippen molar-refractivity contribution in [3.05, 3.63) is 70.4 Å². The van der Waals surface area contributed by atoms with E-state index in [1.807, 2.05) is 19.1 Å². The summed E-state index contributed by atoms with van der Waals surface area (Å²) < 4.78 is 4.84. The number of nitrogens with zero attached hydrogens (tertiary/aromatic N) is 2. The second kappa shape index (κ2) is 8.08. The lowest BCUT2D eigenvalue weighted by atomic mass is 10.1. The minimum absolute atomic E-state index is 0.404. The maximum Gasteiger partial charge on any atom is 0.339 e. The fourth-order valence-electron chi connectivity index (χ4n) is 3.19. The Hall–Kier alpha value is -3.41. The zero-order valence-electron chi connectivity index (χ0n) is 16.8. The van der Waals surface area contributed by atoms with E-state index in [1.54, 1.807) is 18.2 Å². The first-order valence-electron chi connectivity index (χ1n) is 9.02. The third-order valence-electron chi connectivity index (χ3n) is 4.36. The first-order chi connectivity index (χ1) is 13.4. The number of hydrogen-bond acceptors (Lipinski definition) is 6. The molecule has 1 heterocycles. The van der Waals surface area contributed by atoms with Crippen LogP contribution in [0, 0.1) is 27.7 Å². The number of hydrogen-bond donors (Lipinski definition) is 2. The molecule has 0 unspecified atom stereocenters. The molecule has 0 spiro atoms. The van der Waals surface area contributed by atoms with Crippen molar-refractivity contribution in [2.75, 3.05) is 17.7 Å². The Balaban J connectivity index is 1.93. The van der Waals surface area contributed by atoms with Crippen LogP contribution in [0.15, 0.2) is 42.5 Å². The quantitative estimate of drug-likeness (QED) is 0.611. The lowest BCUT2D eigenvalue weighted by molar-refractivity contribution is 0.0602. The topological polar surface area (TPSA) is 76.1 Å². The van der Waals surface area contributed by atoms with Crippen molar-refractivity contribution in [3.63, 3.8) is 0 Å². The van der Waals surface area contributed by atoms with Gasteiger partial charge in [-0.15, -0.1) is 0 Å². The van der Waals surface area contributed by atoms with Gasteiger partial charge in [0.1, 0.15) is 5.82 Å². The van der Waals surface area contributed by atoms with Crippen LogP contribution in [0.2, 0.25) is 0 Å². The summed E-state index contributed by atoms with van der Waals surface area (Å²) in [6.07, 6.45) is 0. The Kier molecular flexibility index (Phi) is 5.59. The molecule has 0 bridgehead atoms. The number of anilines is 4. The summed E-state index contributed by atoms with van der Waals surface area (Å²) in [5.74, 6) is 0.668. The predicted octanol–water partition coefficient (Wildman–Crippen LogP) is 4.98. The molecular weight excluding hydrogens is 352 g/mol. The second-order valence-corrected chi connectivity index (χ2v) is 6.78. The van der Waals surface area contributed by atoms with Gasteiger partial charge in [-0.05, 0) is 51.0 Å². The molecule has 0 fully saturated rings. The average molecular weight is 376 g/mol. The number of ether oxygens (including phenoxy) is 1. The first kappa shape index (κ1) is 19.4. The molecule has 0 amide bonds. The molecule has 28 heavy (non-hydrogen) atoms. The number of methoxy groups -OCH3 is 1. The van der Waals surface area contributed by atoms with Crippen molar-refractivity contribution in [1.82, 2.24) is 9.97 Å². The van der Waals surface area contributed by atoms with Crippen LogP contribution in [-0.2, 0) is 4.74 Å². The summed E-state index contributed by atoms with van der Waals surface area (Å²) in [4.78, 5) is 21.0. The second-order valence-electron chi connectivity index (χ2n) is 6.78. The Labute approximate surface area is 165 Å². The van der Waals surface area contributed by atoms with Crippen LogP contribution in [0.25, 0.3) is 0 Å². The maximum atomic E-state index is 12.0. The van der Waals surface area contributed by atoms with Crippen molar-refractivity contribution in [2.24, 2.45) is 0 Å². The number of esters is 1. The van der Waals surface area contributed by atoms with Crippen molar-refractivity contribution < 1.29 is 9.53 Å². The van der Waals surface area contributed by atoms with Crippen LogP contribution in [0.4, 0.5) is 23.1 Å². The Bertz CT molecular complexity index is 1010. The molecule has 2 aromatic carbocycles. The average Bonchev–Trinajstić information content (AvgIpc) is 2.64. The van der Waals surface area contributed by atoms with Gasteiger partial charge >= 0.3 is 5.97 Å². The lowest BCUT2D eigenvalue weighted by Crippen LogP contribution is -2.08. The molecule has 0 radical (unpaired) electrons. The van der Waals surface area contributed by atoms with Crippen LogP contribution in [0.5, 0.6) is 0 Å². The molecule has 0 aliphatic carbocycles. The summed E-state index contributed by atoms with van der Waals surface area (Å²) in [7, 11) is 1.36. The lowest BCUT2D eigenvalue weighted by Gasteiger charge is -2.15. The molecule has 2 N–H and O–H groups in total. The molecule has 0 atom stereocenters. The van der Waals surface area contributed by atoms with Gasteiger partial charge < -0.3 is 15.4 Å². The number of aryl methyl sites for hydroxylation is 4. The minimum atomic E-state index is -0.417. The van der Waals surface area contributed by atoms with Gasteiger partial charge in [0.2, 0.25) is 5.95 Å². The summed E-state index contributed by atoms with van der Waals surface area (Å²) in [5, 5.41) is 6.53. The van der Waals surface area contributed by atoms with Gasteiger partial charge in [-0.1, -0.05) is 29.8 Å². The monoisotopic (exact) mass is 376 g/mol. The number of para-hydroxylation sites is 1. The largest absolute Gasteiger partial charge is 0.465 e. The molecule has 144 valence electrons. The summed E-state index contributed by atoms with van der Waals surface area (Å²) in [6, 6.07) is 13.3. The van der Waals surface area contributed by atoms with E-state index < -0.39 is 5.97 Å². The van der Waals surface area contributed by atoms with E-state index in [0.29, 0.717) is 23.0 Å². The fraction of sp³-hybridized carbons (Fsp3) is 0.227. The number of benzene rings is 2. The van der Waals surface area contributed by atoms with Gasteiger partial charge in [0, 0.05) is 17.4 Å². The van der Waals surface area contributed by atoms with E-state index in [9.17, 15) is 4.79 Å². The standard InChI is InChI=1S/C22H24N4O2/c1-13-10-14(2)20(15(3)11-13)25-19-12-16(4)23-22(26-19)24-18-9-7-6-8-17(18)21(27)28-5/h6-12H,1-5H3,(H2,23,24,25,26). The van der Waals surface area contributed by atoms with Gasteiger partial charge in [-0.2, -0.15) is 4.98 Å². The minimum Gasteiger partial charge on any atom is -0.465 e. The number of aromatic nitrogens is 2. The Morgan fingerprint density at radius 2 is 1.61 bits per heavy atom. The smallest absolute Gasteiger partial charge is 0.339 e. The zero-order valence-corrected chi connectivity index (χ0v) is 16.8. The van der Waals surface area contributed by atoms with Gasteiger partial charge in [-0.3, -0.25) is 0 Å². The highest BCUT2D eigenvalue weighted by Crippen LogP contribution is 2.26. The molecule has 6 heteroatoms. The first-order valence-corrected chi connectivity index (χ1v) is 9.02. The molecule has 6 nitrogen and oxygen atoms in total. The maximum absolute atomic E-state index is 12.0. The number of rotatable bonds is 5. The SMILES string of the molecule is COC(=O)c1ccccc1Nc1nc(C)cc(Nc2c(C)cc(C)cc2C)n1. The summed E-state index contributed by atoms with van der Waals surface area (Å²) >= 11 is 0. The van der Waals surface area contributed by atoms with Gasteiger partial charge in [0.15, 0.2) is 0 Å². The van der Waals surface area contributed by atoms with E-state index in [-0.39, 0.29) is 0 Å². The Morgan fingerprint density at radius 1 is 0.929 bits per heavy atom. The number of nitrogens with one attached hydrogen (secondary N) is 2. The molecule has 0 saturated carbocycles. The van der Waals surface area contributed by atoms with Crippen molar-refractivity contribution >= 4 is 29.1 Å². The van der Waals surface area contributed by atoms with E-state index in [1.165, 1.54) is 12.7 Å². The van der Waals surface area contributed by atoms with Crippen LogP contribution in [0.1, 0.15) is 32.7 Å². The van der Waals surface area contributed by atoms with Crippen LogP contribution in [0.3, 0.4) is 0 Å². The van der Waals surface area contributed by atoms with Crippen molar-refractivity contribution in [1.29, 1.82) is 0 Å². The molecule has 0 aliphatic heterocycles. The highest BCUT2D eigenvalue weighted by molar-refractivity contribution is 5.96. The molecule has 0 saturated heterocycles. The third kappa shape index (κ3) is 4.28. The van der Waals surface area contributed by atoms with Crippen LogP contribution in [-0.4, -0.2) is 23.0 Å². The van der Waals surface area contributed by atoms with Gasteiger partial charge in [0.25, 0.3) is 0 Å². The van der Waals surface area contributed by atoms with Crippen LogP contribution < -0.4 is 10.6 Å². The summed E-state index contributed by atoms with van der Waals surface area (Å²) in [5.41, 5.74) is 6.38. The number of carbonyl (C=O) groups is 1. The van der Waals surface area contributed by atoms with Gasteiger partial charge in [0.05, 0.1) is 18.4 Å². The zero-order chi connectivity index (χ0) is 20.3. The molecule has 3 aromatic rings. The third-order valence-corrected chi connectivity index (χ3v) is 4.36. The van der Waals surface area contributed by atoms with Crippen LogP contribution >= 0.6 is 0 Å². The van der Waals surface area contributed by atoms with Crippen molar-refractivity contribution in [2.45, 2.75) is 27.7 Å². The highest BCUT2D eigenvalue weighted by Gasteiger charge is 2.13. The van der Waals surface area contributed by atoms with E-state index in [2.05, 4.69) is 53.5 Å². The molecule has 1 aromatic heterocycles. The molecule has 0 aliphatic rings. The predicted molar refractivity (Wildman–Crippen MR) is 112 cm³/mol. The van der Waals surface area contributed by atoms with E-state index in [0.717, 1.165) is 22.5 Å². The molecule has 3 rings (SSSR count). The highest BCUT2D eigenvalue weighted by atomic mass is 16.5.